The van der Waals surface area contributed by atoms with Crippen molar-refractivity contribution >= 4 is 29.1 Å². The number of nitriles is 2. The molecular formula is C17H11ClFN3S. The van der Waals surface area contributed by atoms with E-state index in [-0.39, 0.29) is 5.57 Å². The highest BCUT2D eigenvalue weighted by molar-refractivity contribution is 8.02. The SMILES string of the molecule is N#CC(C#N)=C(Nc1cccc(F)c1)SCc1ccccc1Cl. The summed E-state index contributed by atoms with van der Waals surface area (Å²) in [6.45, 7) is 0. The number of allylic oxidation sites excluding steroid dienone is 1. The Hall–Kier alpha value is -2.47. The van der Waals surface area contributed by atoms with Crippen LogP contribution in [0.1, 0.15) is 5.56 Å². The van der Waals surface area contributed by atoms with Gasteiger partial charge in [0.15, 0.2) is 5.57 Å². The Kier molecular flexibility index (Phi) is 6.05. The minimum Gasteiger partial charge on any atom is -0.348 e. The van der Waals surface area contributed by atoms with Crippen LogP contribution in [0.3, 0.4) is 0 Å². The van der Waals surface area contributed by atoms with E-state index in [1.54, 1.807) is 18.2 Å². The van der Waals surface area contributed by atoms with Crippen LogP contribution in [0.5, 0.6) is 0 Å². The Morgan fingerprint density at radius 2 is 1.87 bits per heavy atom. The van der Waals surface area contributed by atoms with Gasteiger partial charge in [-0.15, -0.1) is 11.8 Å². The summed E-state index contributed by atoms with van der Waals surface area (Å²) in [6.07, 6.45) is 0. The molecule has 0 saturated heterocycles. The molecule has 23 heavy (non-hydrogen) atoms. The highest BCUT2D eigenvalue weighted by Crippen LogP contribution is 2.28. The molecule has 0 bridgehead atoms. The Bertz CT molecular complexity index is 805. The van der Waals surface area contributed by atoms with Crippen molar-refractivity contribution in [2.75, 3.05) is 5.32 Å². The summed E-state index contributed by atoms with van der Waals surface area (Å²) in [6, 6.07) is 16.8. The molecule has 1 N–H and O–H groups in total. The maximum Gasteiger partial charge on any atom is 0.159 e. The Morgan fingerprint density at radius 3 is 2.52 bits per heavy atom. The number of halogens is 2. The molecule has 0 saturated carbocycles. The van der Waals surface area contributed by atoms with Gasteiger partial charge < -0.3 is 5.32 Å². The third-order valence-electron chi connectivity index (χ3n) is 2.86. The summed E-state index contributed by atoms with van der Waals surface area (Å²) in [5, 5.41) is 22.1. The van der Waals surface area contributed by atoms with E-state index in [0.717, 1.165) is 5.56 Å². The quantitative estimate of drug-likeness (QED) is 0.769. The molecule has 0 spiro atoms. The van der Waals surface area contributed by atoms with E-state index < -0.39 is 5.82 Å². The molecule has 0 atom stereocenters. The normalized spacial score (nSPS) is 9.57. The number of nitrogens with zero attached hydrogens (tertiary/aromatic N) is 2. The molecule has 0 amide bonds. The number of hydrogen-bond donors (Lipinski definition) is 1. The van der Waals surface area contributed by atoms with Gasteiger partial charge in [-0.05, 0) is 29.8 Å². The summed E-state index contributed by atoms with van der Waals surface area (Å²) in [4.78, 5) is 0. The molecule has 0 aliphatic heterocycles. The van der Waals surface area contributed by atoms with Crippen LogP contribution in [0, 0.1) is 28.5 Å². The van der Waals surface area contributed by atoms with E-state index in [4.69, 9.17) is 22.1 Å². The van der Waals surface area contributed by atoms with Crippen molar-refractivity contribution in [1.82, 2.24) is 0 Å². The third-order valence-corrected chi connectivity index (χ3v) is 4.28. The van der Waals surface area contributed by atoms with Crippen LogP contribution in [-0.2, 0) is 5.75 Å². The zero-order valence-electron chi connectivity index (χ0n) is 11.9. The molecule has 0 aliphatic carbocycles. The first-order valence-corrected chi connectivity index (χ1v) is 7.93. The third kappa shape index (κ3) is 4.75. The van der Waals surface area contributed by atoms with E-state index in [1.165, 1.54) is 23.9 Å². The molecular weight excluding hydrogens is 333 g/mol. The van der Waals surface area contributed by atoms with E-state index in [0.29, 0.717) is 21.5 Å². The molecule has 2 aromatic carbocycles. The van der Waals surface area contributed by atoms with Crippen LogP contribution in [0.15, 0.2) is 59.1 Å². The first-order chi connectivity index (χ1) is 11.1. The maximum absolute atomic E-state index is 13.3. The molecule has 2 rings (SSSR count). The van der Waals surface area contributed by atoms with Crippen LogP contribution in [-0.4, -0.2) is 0 Å². The van der Waals surface area contributed by atoms with E-state index in [2.05, 4.69) is 5.32 Å². The van der Waals surface area contributed by atoms with Gasteiger partial charge in [0.1, 0.15) is 23.0 Å². The van der Waals surface area contributed by atoms with Gasteiger partial charge >= 0.3 is 0 Å². The monoisotopic (exact) mass is 343 g/mol. The minimum atomic E-state index is -0.402. The second kappa shape index (κ2) is 8.24. The predicted molar refractivity (Wildman–Crippen MR) is 91.0 cm³/mol. The standard InChI is InChI=1S/C17H11ClFN3S/c18-16-7-2-1-4-12(16)11-23-17(13(9-20)10-21)22-15-6-3-5-14(19)8-15/h1-8,22H,11H2. The fourth-order valence-corrected chi connectivity index (χ4v) is 3.02. The zero-order valence-corrected chi connectivity index (χ0v) is 13.5. The van der Waals surface area contributed by atoms with Crippen molar-refractivity contribution in [1.29, 1.82) is 10.5 Å². The van der Waals surface area contributed by atoms with Crippen LogP contribution in [0.4, 0.5) is 10.1 Å². The highest BCUT2D eigenvalue weighted by Gasteiger charge is 2.10. The lowest BCUT2D eigenvalue weighted by atomic mass is 10.2. The van der Waals surface area contributed by atoms with Gasteiger partial charge in [0, 0.05) is 16.5 Å². The van der Waals surface area contributed by atoms with Crippen molar-refractivity contribution in [3.8, 4) is 12.1 Å². The summed E-state index contributed by atoms with van der Waals surface area (Å²) < 4.78 is 13.3. The largest absolute Gasteiger partial charge is 0.348 e. The van der Waals surface area contributed by atoms with Crippen LogP contribution < -0.4 is 5.32 Å². The molecule has 0 radical (unpaired) electrons. The summed E-state index contributed by atoms with van der Waals surface area (Å²) in [5.41, 5.74) is 1.29. The van der Waals surface area contributed by atoms with Crippen LogP contribution in [0.25, 0.3) is 0 Å². The number of nitrogens with one attached hydrogen (secondary N) is 1. The molecule has 0 heterocycles. The lowest BCUT2D eigenvalue weighted by molar-refractivity contribution is 0.628. The van der Waals surface area contributed by atoms with Crippen molar-refractivity contribution in [2.24, 2.45) is 0 Å². The first-order valence-electron chi connectivity index (χ1n) is 6.57. The van der Waals surface area contributed by atoms with Gasteiger partial charge in [0.05, 0.1) is 0 Å². The van der Waals surface area contributed by atoms with Crippen molar-refractivity contribution in [3.63, 3.8) is 0 Å². The first kappa shape index (κ1) is 16.9. The van der Waals surface area contributed by atoms with Gasteiger partial charge in [-0.1, -0.05) is 35.9 Å². The number of benzene rings is 2. The second-order valence-corrected chi connectivity index (χ2v) is 5.84. The van der Waals surface area contributed by atoms with Crippen LogP contribution >= 0.6 is 23.4 Å². The van der Waals surface area contributed by atoms with Crippen LogP contribution in [0.2, 0.25) is 5.02 Å². The maximum atomic E-state index is 13.3. The lowest BCUT2D eigenvalue weighted by Crippen LogP contribution is -2.00. The molecule has 6 heteroatoms. The molecule has 3 nitrogen and oxygen atoms in total. The number of anilines is 1. The average molecular weight is 344 g/mol. The molecule has 114 valence electrons. The summed E-state index contributed by atoms with van der Waals surface area (Å²) >= 11 is 7.37. The number of thioether (sulfide) groups is 1. The van der Waals surface area contributed by atoms with Gasteiger partial charge in [0.25, 0.3) is 0 Å². The van der Waals surface area contributed by atoms with Crippen molar-refractivity contribution in [3.05, 3.63) is 75.5 Å². The van der Waals surface area contributed by atoms with Gasteiger partial charge in [-0.3, -0.25) is 0 Å². The smallest absolute Gasteiger partial charge is 0.159 e. The highest BCUT2D eigenvalue weighted by atomic mass is 35.5. The van der Waals surface area contributed by atoms with Gasteiger partial charge in [-0.2, -0.15) is 10.5 Å². The van der Waals surface area contributed by atoms with E-state index >= 15 is 0 Å². The van der Waals surface area contributed by atoms with Gasteiger partial charge in [0.2, 0.25) is 0 Å². The number of hydrogen-bond acceptors (Lipinski definition) is 4. The Balaban J connectivity index is 2.23. The topological polar surface area (TPSA) is 59.6 Å². The van der Waals surface area contributed by atoms with Crippen molar-refractivity contribution in [2.45, 2.75) is 5.75 Å². The predicted octanol–water partition coefficient (Wildman–Crippen LogP) is 5.08. The fraction of sp³-hybridized carbons (Fsp3) is 0.0588. The van der Waals surface area contributed by atoms with E-state index in [9.17, 15) is 4.39 Å². The average Bonchev–Trinajstić information content (AvgIpc) is 2.55. The molecule has 2 aromatic rings. The zero-order chi connectivity index (χ0) is 16.7. The molecule has 0 aromatic heterocycles. The molecule has 0 fully saturated rings. The molecule has 0 unspecified atom stereocenters. The minimum absolute atomic E-state index is 0.0636. The fourth-order valence-electron chi connectivity index (χ4n) is 1.76. The number of rotatable bonds is 5. The summed E-state index contributed by atoms with van der Waals surface area (Å²) in [5.74, 6) is 0.0744. The lowest BCUT2D eigenvalue weighted by Gasteiger charge is -2.11. The van der Waals surface area contributed by atoms with Crippen molar-refractivity contribution < 1.29 is 4.39 Å². The van der Waals surface area contributed by atoms with Gasteiger partial charge in [-0.25, -0.2) is 4.39 Å². The Labute approximate surface area is 143 Å². The van der Waals surface area contributed by atoms with E-state index in [1.807, 2.05) is 30.3 Å². The second-order valence-electron chi connectivity index (χ2n) is 4.44. The molecule has 0 aliphatic rings. The summed E-state index contributed by atoms with van der Waals surface area (Å²) in [7, 11) is 0. The Morgan fingerprint density at radius 1 is 1.13 bits per heavy atom.